The van der Waals surface area contributed by atoms with Crippen LogP contribution in [0.1, 0.15) is 17.9 Å². The van der Waals surface area contributed by atoms with Crippen molar-refractivity contribution in [2.45, 2.75) is 12.3 Å². The highest BCUT2D eigenvalue weighted by Gasteiger charge is 2.24. The van der Waals surface area contributed by atoms with Crippen LogP contribution in [0.25, 0.3) is 0 Å². The molecule has 0 bridgehead atoms. The molecule has 0 saturated carbocycles. The first-order valence-electron chi connectivity index (χ1n) is 6.90. The smallest absolute Gasteiger partial charge is 0.220 e. The lowest BCUT2D eigenvalue weighted by Gasteiger charge is -2.13. The quantitative estimate of drug-likeness (QED) is 0.806. The number of fused-ring (bicyclic) bond motifs is 1. The Balaban J connectivity index is 1.82. The first kappa shape index (κ1) is 15.8. The highest BCUT2D eigenvalue weighted by atomic mass is 32.2. The Hall–Kier alpha value is -1.60. The summed E-state index contributed by atoms with van der Waals surface area (Å²) in [6, 6.07) is 7.93. The number of amides is 1. The van der Waals surface area contributed by atoms with Crippen molar-refractivity contribution in [1.82, 2.24) is 9.62 Å². The summed E-state index contributed by atoms with van der Waals surface area (Å²) in [6.45, 7) is 0.879. The summed E-state index contributed by atoms with van der Waals surface area (Å²) in [6.07, 6.45) is 0.367. The Kier molecular flexibility index (Phi) is 4.84. The molecule has 7 heteroatoms. The topological polar surface area (TPSA) is 78.5 Å². The minimum Gasteiger partial charge on any atom is -0.384 e. The second-order valence-electron chi connectivity index (χ2n) is 5.32. The molecule has 21 heavy (non-hydrogen) atoms. The van der Waals surface area contributed by atoms with Crippen molar-refractivity contribution in [3.63, 3.8) is 0 Å². The molecule has 2 N–H and O–H groups in total. The number of nitrogens with zero attached hydrogens (tertiary/aromatic N) is 1. The van der Waals surface area contributed by atoms with Crippen LogP contribution in [0.15, 0.2) is 24.3 Å². The third-order valence-electron chi connectivity index (χ3n) is 3.61. The van der Waals surface area contributed by atoms with E-state index in [2.05, 4.69) is 10.6 Å². The van der Waals surface area contributed by atoms with Gasteiger partial charge in [0.05, 0.1) is 5.75 Å². The van der Waals surface area contributed by atoms with Crippen LogP contribution in [0.4, 0.5) is 5.69 Å². The molecule has 1 aromatic carbocycles. The molecule has 1 aliphatic heterocycles. The van der Waals surface area contributed by atoms with Crippen LogP contribution in [0.5, 0.6) is 0 Å². The molecule has 0 fully saturated rings. The molecule has 0 aliphatic carbocycles. The van der Waals surface area contributed by atoms with Crippen LogP contribution in [0.3, 0.4) is 0 Å². The summed E-state index contributed by atoms with van der Waals surface area (Å²) < 4.78 is 24.3. The van der Waals surface area contributed by atoms with E-state index >= 15 is 0 Å². The Bertz CT molecular complexity index is 614. The Labute approximate surface area is 125 Å². The van der Waals surface area contributed by atoms with Gasteiger partial charge in [0.25, 0.3) is 0 Å². The number of hydrogen-bond donors (Lipinski definition) is 2. The van der Waals surface area contributed by atoms with Crippen molar-refractivity contribution in [1.29, 1.82) is 0 Å². The van der Waals surface area contributed by atoms with Gasteiger partial charge in [-0.3, -0.25) is 4.79 Å². The van der Waals surface area contributed by atoms with Crippen molar-refractivity contribution < 1.29 is 13.2 Å². The van der Waals surface area contributed by atoms with Gasteiger partial charge in [0.2, 0.25) is 15.9 Å². The summed E-state index contributed by atoms with van der Waals surface area (Å²) in [5, 5.41) is 5.95. The molecule has 1 aromatic rings. The number of sulfonamides is 1. The van der Waals surface area contributed by atoms with Crippen LogP contribution in [-0.4, -0.2) is 51.6 Å². The standard InChI is InChI=1S/C14H21N3O3S/c1-17(2)21(19,20)8-7-15-14(18)9-11-10-16-13-6-4-3-5-12(11)13/h3-6,11,16H,7-10H2,1-2H3,(H,15,18). The maximum Gasteiger partial charge on any atom is 0.220 e. The van der Waals surface area contributed by atoms with Gasteiger partial charge in [0, 0.05) is 45.2 Å². The van der Waals surface area contributed by atoms with Crippen LogP contribution in [0, 0.1) is 0 Å². The van der Waals surface area contributed by atoms with E-state index in [1.165, 1.54) is 14.1 Å². The summed E-state index contributed by atoms with van der Waals surface area (Å²) in [7, 11) is -0.295. The van der Waals surface area contributed by atoms with Crippen molar-refractivity contribution in [2.24, 2.45) is 0 Å². The zero-order chi connectivity index (χ0) is 15.5. The van der Waals surface area contributed by atoms with Gasteiger partial charge in [0.15, 0.2) is 0 Å². The fourth-order valence-electron chi connectivity index (χ4n) is 2.34. The fraction of sp³-hybridized carbons (Fsp3) is 0.500. The van der Waals surface area contributed by atoms with Gasteiger partial charge in [-0.15, -0.1) is 0 Å². The molecule has 0 spiro atoms. The van der Waals surface area contributed by atoms with Gasteiger partial charge in [0.1, 0.15) is 0 Å². The summed E-state index contributed by atoms with van der Waals surface area (Å²) in [5.41, 5.74) is 2.22. The van der Waals surface area contributed by atoms with Gasteiger partial charge >= 0.3 is 0 Å². The number of rotatable bonds is 6. The average molecular weight is 311 g/mol. The lowest BCUT2D eigenvalue weighted by atomic mass is 9.98. The van der Waals surface area contributed by atoms with Crippen LogP contribution >= 0.6 is 0 Å². The molecular formula is C14H21N3O3S. The Morgan fingerprint density at radius 1 is 1.38 bits per heavy atom. The highest BCUT2D eigenvalue weighted by molar-refractivity contribution is 7.89. The average Bonchev–Trinajstić information content (AvgIpc) is 2.82. The van der Waals surface area contributed by atoms with E-state index < -0.39 is 10.0 Å². The van der Waals surface area contributed by atoms with E-state index in [0.717, 1.165) is 22.1 Å². The lowest BCUT2D eigenvalue weighted by Crippen LogP contribution is -2.34. The molecule has 1 aliphatic rings. The van der Waals surface area contributed by atoms with E-state index in [1.54, 1.807) is 0 Å². The molecule has 0 aromatic heterocycles. The third kappa shape index (κ3) is 3.95. The van der Waals surface area contributed by atoms with Crippen LogP contribution in [-0.2, 0) is 14.8 Å². The van der Waals surface area contributed by atoms with Crippen LogP contribution in [0.2, 0.25) is 0 Å². The number of anilines is 1. The number of hydrogen-bond acceptors (Lipinski definition) is 4. The fourth-order valence-corrected chi connectivity index (χ4v) is 3.06. The first-order valence-corrected chi connectivity index (χ1v) is 8.51. The molecule has 1 atom stereocenters. The van der Waals surface area contributed by atoms with E-state index in [1.807, 2.05) is 24.3 Å². The molecular weight excluding hydrogens is 290 g/mol. The van der Waals surface area contributed by atoms with Crippen molar-refractivity contribution in [3.8, 4) is 0 Å². The number of carbonyl (C=O) groups is 1. The summed E-state index contributed by atoms with van der Waals surface area (Å²) in [4.78, 5) is 11.9. The lowest BCUT2D eigenvalue weighted by molar-refractivity contribution is -0.121. The monoisotopic (exact) mass is 311 g/mol. The van der Waals surface area contributed by atoms with Gasteiger partial charge in [-0.2, -0.15) is 0 Å². The number of benzene rings is 1. The second kappa shape index (κ2) is 6.44. The predicted molar refractivity (Wildman–Crippen MR) is 82.8 cm³/mol. The molecule has 1 unspecified atom stereocenters. The van der Waals surface area contributed by atoms with E-state index in [0.29, 0.717) is 6.42 Å². The molecule has 6 nitrogen and oxygen atoms in total. The predicted octanol–water partition coefficient (Wildman–Crippen LogP) is 0.593. The van der Waals surface area contributed by atoms with Crippen molar-refractivity contribution in [3.05, 3.63) is 29.8 Å². The van der Waals surface area contributed by atoms with Crippen molar-refractivity contribution in [2.75, 3.05) is 38.3 Å². The number of para-hydroxylation sites is 1. The maximum absolute atomic E-state index is 11.9. The molecule has 116 valence electrons. The van der Waals surface area contributed by atoms with Gasteiger partial charge < -0.3 is 10.6 Å². The zero-order valence-corrected chi connectivity index (χ0v) is 13.1. The van der Waals surface area contributed by atoms with Gasteiger partial charge in [-0.25, -0.2) is 12.7 Å². The number of nitrogens with one attached hydrogen (secondary N) is 2. The highest BCUT2D eigenvalue weighted by Crippen LogP contribution is 2.32. The Morgan fingerprint density at radius 3 is 2.81 bits per heavy atom. The molecule has 0 radical (unpaired) electrons. The SMILES string of the molecule is CN(C)S(=O)(=O)CCNC(=O)CC1CNc2ccccc21. The summed E-state index contributed by atoms with van der Waals surface area (Å²) >= 11 is 0. The van der Waals surface area contributed by atoms with Crippen LogP contribution < -0.4 is 10.6 Å². The minimum absolute atomic E-state index is 0.0781. The minimum atomic E-state index is -3.26. The zero-order valence-electron chi connectivity index (χ0n) is 12.3. The molecule has 1 heterocycles. The number of carbonyl (C=O) groups excluding carboxylic acids is 1. The van der Waals surface area contributed by atoms with Gasteiger partial charge in [-0.05, 0) is 11.6 Å². The Morgan fingerprint density at radius 2 is 2.10 bits per heavy atom. The molecule has 0 saturated heterocycles. The third-order valence-corrected chi connectivity index (χ3v) is 5.44. The van der Waals surface area contributed by atoms with E-state index in [-0.39, 0.29) is 24.1 Å². The maximum atomic E-state index is 11.9. The molecule has 2 rings (SSSR count). The largest absolute Gasteiger partial charge is 0.384 e. The van der Waals surface area contributed by atoms with Gasteiger partial charge in [-0.1, -0.05) is 18.2 Å². The van der Waals surface area contributed by atoms with Crippen molar-refractivity contribution >= 4 is 21.6 Å². The van der Waals surface area contributed by atoms with E-state index in [9.17, 15) is 13.2 Å². The second-order valence-corrected chi connectivity index (χ2v) is 7.62. The summed E-state index contributed by atoms with van der Waals surface area (Å²) in [5.74, 6) is -0.0512. The normalized spacial score (nSPS) is 17.4. The first-order chi connectivity index (χ1) is 9.90. The molecule has 1 amide bonds. The van der Waals surface area contributed by atoms with E-state index in [4.69, 9.17) is 0 Å².